The van der Waals surface area contributed by atoms with Crippen molar-refractivity contribution in [1.82, 2.24) is 0 Å². The van der Waals surface area contributed by atoms with E-state index in [1.807, 2.05) is 13.0 Å². The molecule has 1 aromatic rings. The molecule has 2 aliphatic rings. The van der Waals surface area contributed by atoms with E-state index in [-0.39, 0.29) is 24.7 Å². The van der Waals surface area contributed by atoms with E-state index in [0.29, 0.717) is 31.0 Å². The average Bonchev–Trinajstić information content (AvgIpc) is 3.36. The van der Waals surface area contributed by atoms with Gasteiger partial charge in [0.1, 0.15) is 5.78 Å². The molecule has 2 atom stereocenters. The number of ketones is 1. The molecule has 0 radical (unpaired) electrons. The Hall–Kier alpha value is -1.25. The SMILES string of the molecule is CCC.CCCC(=O)C1CC1c1c(C)cccc1C1CCC(F)(F)CC1. The van der Waals surface area contributed by atoms with Gasteiger partial charge in [-0.25, -0.2) is 8.78 Å². The van der Waals surface area contributed by atoms with E-state index < -0.39 is 5.92 Å². The van der Waals surface area contributed by atoms with Crippen molar-refractivity contribution >= 4 is 5.78 Å². The highest BCUT2D eigenvalue weighted by Crippen LogP contribution is 2.53. The molecule has 0 saturated heterocycles. The number of carbonyl (C=O) groups is 1. The van der Waals surface area contributed by atoms with Gasteiger partial charge in [0.15, 0.2) is 0 Å². The number of hydrogen-bond donors (Lipinski definition) is 0. The van der Waals surface area contributed by atoms with Gasteiger partial charge in [-0.1, -0.05) is 45.4 Å². The van der Waals surface area contributed by atoms with Crippen molar-refractivity contribution in [3.63, 3.8) is 0 Å². The number of halogens is 2. The van der Waals surface area contributed by atoms with Gasteiger partial charge in [-0.2, -0.15) is 0 Å². The van der Waals surface area contributed by atoms with Crippen molar-refractivity contribution in [3.05, 3.63) is 34.9 Å². The third kappa shape index (κ3) is 5.14. The fourth-order valence-electron chi connectivity index (χ4n) is 4.22. The van der Waals surface area contributed by atoms with Gasteiger partial charge in [0.05, 0.1) is 0 Å². The molecule has 0 N–H and O–H groups in total. The summed E-state index contributed by atoms with van der Waals surface area (Å²) >= 11 is 0. The molecule has 1 aromatic carbocycles. The summed E-state index contributed by atoms with van der Waals surface area (Å²) in [5.41, 5.74) is 3.74. The van der Waals surface area contributed by atoms with Gasteiger partial charge in [-0.3, -0.25) is 4.79 Å². The summed E-state index contributed by atoms with van der Waals surface area (Å²) in [6.45, 7) is 8.38. The zero-order valence-electron chi connectivity index (χ0n) is 16.8. The maximum absolute atomic E-state index is 13.5. The zero-order chi connectivity index (χ0) is 19.3. The molecule has 26 heavy (non-hydrogen) atoms. The lowest BCUT2D eigenvalue weighted by atomic mass is 9.78. The van der Waals surface area contributed by atoms with Crippen LogP contribution in [0.1, 0.15) is 101 Å². The summed E-state index contributed by atoms with van der Waals surface area (Å²) in [4.78, 5) is 12.2. The second kappa shape index (κ2) is 9.10. The summed E-state index contributed by atoms with van der Waals surface area (Å²) in [7, 11) is 0. The Labute approximate surface area is 157 Å². The van der Waals surface area contributed by atoms with Crippen LogP contribution in [0.2, 0.25) is 0 Å². The van der Waals surface area contributed by atoms with Gasteiger partial charge in [0.2, 0.25) is 5.92 Å². The van der Waals surface area contributed by atoms with E-state index >= 15 is 0 Å². The third-order valence-corrected chi connectivity index (χ3v) is 5.59. The van der Waals surface area contributed by atoms with Gasteiger partial charge < -0.3 is 0 Å². The molecule has 0 aromatic heterocycles. The molecule has 0 spiro atoms. The minimum atomic E-state index is -2.49. The first-order valence-corrected chi connectivity index (χ1v) is 10.3. The molecule has 146 valence electrons. The molecule has 2 fully saturated rings. The summed E-state index contributed by atoms with van der Waals surface area (Å²) < 4.78 is 26.9. The van der Waals surface area contributed by atoms with Crippen LogP contribution in [0.3, 0.4) is 0 Å². The maximum Gasteiger partial charge on any atom is 0.248 e. The highest BCUT2D eigenvalue weighted by molar-refractivity contribution is 5.85. The lowest BCUT2D eigenvalue weighted by Crippen LogP contribution is -2.24. The average molecular weight is 365 g/mol. The number of Topliss-reactive ketones (excluding diaryl/α,β-unsaturated/α-hetero) is 1. The second-order valence-electron chi connectivity index (χ2n) is 8.08. The van der Waals surface area contributed by atoms with Crippen molar-refractivity contribution in [2.45, 2.75) is 96.8 Å². The Morgan fingerprint density at radius 3 is 2.35 bits per heavy atom. The first-order valence-electron chi connectivity index (χ1n) is 10.3. The van der Waals surface area contributed by atoms with Crippen LogP contribution in [0.5, 0.6) is 0 Å². The molecule has 1 nitrogen and oxygen atoms in total. The predicted octanol–water partition coefficient (Wildman–Crippen LogP) is 7.18. The number of aryl methyl sites for hydroxylation is 1. The first-order chi connectivity index (χ1) is 12.3. The van der Waals surface area contributed by atoms with Crippen LogP contribution in [-0.2, 0) is 4.79 Å². The molecule has 2 unspecified atom stereocenters. The van der Waals surface area contributed by atoms with Crippen LogP contribution < -0.4 is 0 Å². The van der Waals surface area contributed by atoms with Crippen molar-refractivity contribution in [2.24, 2.45) is 5.92 Å². The van der Waals surface area contributed by atoms with E-state index in [0.717, 1.165) is 12.8 Å². The van der Waals surface area contributed by atoms with Crippen molar-refractivity contribution < 1.29 is 13.6 Å². The molecular weight excluding hydrogens is 330 g/mol. The number of benzene rings is 1. The summed E-state index contributed by atoms with van der Waals surface area (Å²) in [5.74, 6) is -1.39. The zero-order valence-corrected chi connectivity index (χ0v) is 16.8. The molecule has 0 amide bonds. The topological polar surface area (TPSA) is 17.1 Å². The Kier molecular flexibility index (Phi) is 7.37. The van der Waals surface area contributed by atoms with E-state index in [1.165, 1.54) is 23.1 Å². The molecular formula is C23H34F2O. The fraction of sp³-hybridized carbons (Fsp3) is 0.696. The minimum absolute atomic E-state index is 0.00604. The number of hydrogen-bond acceptors (Lipinski definition) is 1. The molecule has 2 saturated carbocycles. The molecule has 0 heterocycles. The molecule has 3 rings (SSSR count). The minimum Gasteiger partial charge on any atom is -0.299 e. The predicted molar refractivity (Wildman–Crippen MR) is 104 cm³/mol. The smallest absolute Gasteiger partial charge is 0.248 e. The number of alkyl halides is 2. The molecule has 2 aliphatic carbocycles. The van der Waals surface area contributed by atoms with Crippen molar-refractivity contribution in [3.8, 4) is 0 Å². The van der Waals surface area contributed by atoms with E-state index in [4.69, 9.17) is 0 Å². The highest BCUT2D eigenvalue weighted by atomic mass is 19.3. The van der Waals surface area contributed by atoms with Gasteiger partial charge in [-0.05, 0) is 61.1 Å². The lowest BCUT2D eigenvalue weighted by Gasteiger charge is -2.30. The second-order valence-corrected chi connectivity index (χ2v) is 8.08. The number of carbonyl (C=O) groups excluding carboxylic acids is 1. The lowest BCUT2D eigenvalue weighted by molar-refractivity contribution is -0.120. The highest BCUT2D eigenvalue weighted by Gasteiger charge is 2.45. The van der Waals surface area contributed by atoms with Crippen LogP contribution >= 0.6 is 0 Å². The number of rotatable bonds is 5. The van der Waals surface area contributed by atoms with Gasteiger partial charge >= 0.3 is 0 Å². The van der Waals surface area contributed by atoms with E-state index in [1.54, 1.807) is 0 Å². The monoisotopic (exact) mass is 364 g/mol. The Morgan fingerprint density at radius 1 is 1.15 bits per heavy atom. The largest absolute Gasteiger partial charge is 0.299 e. The normalized spacial score (nSPS) is 24.5. The summed E-state index contributed by atoms with van der Waals surface area (Å²) in [6.07, 6.45) is 4.87. The summed E-state index contributed by atoms with van der Waals surface area (Å²) in [6, 6.07) is 6.23. The van der Waals surface area contributed by atoms with Gasteiger partial charge in [-0.15, -0.1) is 0 Å². The third-order valence-electron chi connectivity index (χ3n) is 5.59. The molecule has 0 aliphatic heterocycles. The first kappa shape index (κ1) is 21.1. The van der Waals surface area contributed by atoms with Crippen LogP contribution in [-0.4, -0.2) is 11.7 Å². The van der Waals surface area contributed by atoms with Crippen LogP contribution in [0.15, 0.2) is 18.2 Å². The van der Waals surface area contributed by atoms with Crippen LogP contribution in [0.25, 0.3) is 0 Å². The Morgan fingerprint density at radius 2 is 1.77 bits per heavy atom. The Bertz CT molecular complexity index is 598. The van der Waals surface area contributed by atoms with Crippen LogP contribution in [0.4, 0.5) is 8.78 Å². The standard InChI is InChI=1S/C20H26F2O.C3H8/c1-3-5-18(23)16-12-17(16)19-13(2)6-4-7-15(19)14-8-10-20(21,22)11-9-14;1-3-2/h4,6-7,14,16-17H,3,5,8-12H2,1-2H3;3H2,1-2H3. The van der Waals surface area contributed by atoms with E-state index in [2.05, 4.69) is 32.9 Å². The fourth-order valence-corrected chi connectivity index (χ4v) is 4.22. The van der Waals surface area contributed by atoms with Crippen LogP contribution in [0, 0.1) is 12.8 Å². The maximum atomic E-state index is 13.5. The Balaban J connectivity index is 0.000000758. The molecule has 0 bridgehead atoms. The van der Waals surface area contributed by atoms with Crippen molar-refractivity contribution in [2.75, 3.05) is 0 Å². The van der Waals surface area contributed by atoms with E-state index in [9.17, 15) is 13.6 Å². The summed E-state index contributed by atoms with van der Waals surface area (Å²) in [5, 5.41) is 0. The van der Waals surface area contributed by atoms with Gasteiger partial charge in [0.25, 0.3) is 0 Å². The van der Waals surface area contributed by atoms with Gasteiger partial charge in [0, 0.05) is 25.2 Å². The quantitative estimate of drug-likeness (QED) is 0.541. The van der Waals surface area contributed by atoms with Crippen molar-refractivity contribution in [1.29, 1.82) is 0 Å². The molecule has 3 heteroatoms.